The Hall–Kier alpha value is -1.06. The summed E-state index contributed by atoms with van der Waals surface area (Å²) in [6, 6.07) is 4.40. The van der Waals surface area contributed by atoms with Gasteiger partial charge < -0.3 is 14.8 Å². The molecule has 1 rings (SSSR count). The van der Waals surface area contributed by atoms with Crippen molar-refractivity contribution in [2.24, 2.45) is 5.41 Å². The minimum atomic E-state index is 0.0338. The van der Waals surface area contributed by atoms with Gasteiger partial charge in [0.15, 0.2) is 0 Å². The number of hydrogen-bond acceptors (Lipinski definition) is 3. The average molecular weight is 293 g/mol. The highest BCUT2D eigenvalue weighted by atomic mass is 16.5. The van der Waals surface area contributed by atoms with Crippen molar-refractivity contribution < 1.29 is 9.47 Å². The van der Waals surface area contributed by atoms with Crippen molar-refractivity contribution in [1.82, 2.24) is 5.32 Å². The van der Waals surface area contributed by atoms with Crippen molar-refractivity contribution in [2.45, 2.75) is 53.7 Å². The highest BCUT2D eigenvalue weighted by Gasteiger charge is 2.35. The summed E-state index contributed by atoms with van der Waals surface area (Å²) in [6.45, 7) is 13.6. The molecule has 3 heteroatoms. The normalized spacial score (nSPS) is 14.9. The minimum absolute atomic E-state index is 0.0338. The summed E-state index contributed by atoms with van der Waals surface area (Å²) < 4.78 is 11.7. The fraction of sp³-hybridized carbons (Fsp3) is 0.667. The Morgan fingerprint density at radius 3 is 2.24 bits per heavy atom. The number of benzene rings is 1. The van der Waals surface area contributed by atoms with Gasteiger partial charge in [-0.25, -0.2) is 0 Å². The molecule has 0 fully saturated rings. The maximum absolute atomic E-state index is 6.08. The molecular weight excluding hydrogens is 262 g/mol. The van der Waals surface area contributed by atoms with Gasteiger partial charge in [0.05, 0.1) is 19.3 Å². The van der Waals surface area contributed by atoms with Gasteiger partial charge in [-0.15, -0.1) is 0 Å². The van der Waals surface area contributed by atoms with Gasteiger partial charge in [0, 0.05) is 12.2 Å². The van der Waals surface area contributed by atoms with Crippen LogP contribution in [0.4, 0.5) is 0 Å². The van der Waals surface area contributed by atoms with E-state index >= 15 is 0 Å². The Morgan fingerprint density at radius 2 is 1.81 bits per heavy atom. The molecule has 0 spiro atoms. The number of nitrogens with one attached hydrogen (secondary N) is 1. The molecule has 1 N–H and O–H groups in total. The van der Waals surface area contributed by atoms with Crippen molar-refractivity contribution in [1.29, 1.82) is 0 Å². The first kappa shape index (κ1) is 18.0. The largest absolute Gasteiger partial charge is 0.496 e. The van der Waals surface area contributed by atoms with E-state index in [1.54, 1.807) is 7.11 Å². The molecule has 0 radical (unpaired) electrons. The van der Waals surface area contributed by atoms with Crippen LogP contribution in [0.25, 0.3) is 0 Å². The molecule has 0 aliphatic carbocycles. The molecule has 120 valence electrons. The van der Waals surface area contributed by atoms with Crippen molar-refractivity contribution in [3.8, 4) is 5.75 Å². The molecule has 0 bridgehead atoms. The van der Waals surface area contributed by atoms with Crippen LogP contribution in [0.5, 0.6) is 5.75 Å². The van der Waals surface area contributed by atoms with Crippen LogP contribution in [0.15, 0.2) is 12.1 Å². The summed E-state index contributed by atoms with van der Waals surface area (Å²) in [6.07, 6.45) is 0.0720. The highest BCUT2D eigenvalue weighted by molar-refractivity contribution is 5.45. The average Bonchev–Trinajstić information content (AvgIpc) is 2.38. The Kier molecular flexibility index (Phi) is 6.24. The molecule has 0 aliphatic rings. The van der Waals surface area contributed by atoms with E-state index in [1.165, 1.54) is 16.7 Å². The molecule has 1 aromatic rings. The molecule has 1 aromatic carbocycles. The van der Waals surface area contributed by atoms with Crippen LogP contribution in [0, 0.1) is 19.3 Å². The third-order valence-corrected chi connectivity index (χ3v) is 3.84. The summed E-state index contributed by atoms with van der Waals surface area (Å²) in [7, 11) is 3.72. The summed E-state index contributed by atoms with van der Waals surface area (Å²) in [5, 5.41) is 3.44. The SMILES string of the molecule is CCOC(C(NC)c1c(C)cc(C)cc1OC)C(C)(C)C. The molecule has 0 heterocycles. The van der Waals surface area contributed by atoms with Crippen LogP contribution >= 0.6 is 0 Å². The molecule has 0 aromatic heterocycles. The molecule has 0 amide bonds. The molecule has 0 saturated heterocycles. The number of ether oxygens (including phenoxy) is 2. The van der Waals surface area contributed by atoms with Gasteiger partial charge in [-0.2, -0.15) is 0 Å². The van der Waals surface area contributed by atoms with Crippen molar-refractivity contribution >= 4 is 0 Å². The quantitative estimate of drug-likeness (QED) is 0.859. The third kappa shape index (κ3) is 4.21. The van der Waals surface area contributed by atoms with E-state index in [9.17, 15) is 0 Å². The van der Waals surface area contributed by atoms with Crippen LogP contribution in [-0.2, 0) is 4.74 Å². The maximum Gasteiger partial charge on any atom is 0.124 e. The zero-order valence-corrected chi connectivity index (χ0v) is 14.8. The lowest BCUT2D eigenvalue weighted by atomic mass is 9.80. The second-order valence-electron chi connectivity index (χ2n) is 6.71. The first-order valence-corrected chi connectivity index (χ1v) is 7.70. The van der Waals surface area contributed by atoms with Gasteiger partial charge in [0.1, 0.15) is 5.75 Å². The van der Waals surface area contributed by atoms with Crippen molar-refractivity contribution in [2.75, 3.05) is 20.8 Å². The number of methoxy groups -OCH3 is 1. The van der Waals surface area contributed by atoms with Gasteiger partial charge in [-0.3, -0.25) is 0 Å². The summed E-state index contributed by atoms with van der Waals surface area (Å²) in [4.78, 5) is 0. The van der Waals surface area contributed by atoms with Crippen LogP contribution in [0.2, 0.25) is 0 Å². The van der Waals surface area contributed by atoms with E-state index in [1.807, 2.05) is 14.0 Å². The zero-order chi connectivity index (χ0) is 16.2. The summed E-state index contributed by atoms with van der Waals surface area (Å²) >= 11 is 0. The van der Waals surface area contributed by atoms with Gasteiger partial charge in [0.25, 0.3) is 0 Å². The first-order chi connectivity index (χ1) is 9.76. The smallest absolute Gasteiger partial charge is 0.124 e. The van der Waals surface area contributed by atoms with Crippen LogP contribution in [0.3, 0.4) is 0 Å². The summed E-state index contributed by atoms with van der Waals surface area (Å²) in [5.74, 6) is 0.931. The summed E-state index contributed by atoms with van der Waals surface area (Å²) in [5.41, 5.74) is 3.68. The number of hydrogen-bond donors (Lipinski definition) is 1. The lowest BCUT2D eigenvalue weighted by molar-refractivity contribution is -0.0356. The molecule has 0 saturated carbocycles. The highest BCUT2D eigenvalue weighted by Crippen LogP contribution is 2.38. The maximum atomic E-state index is 6.08. The lowest BCUT2D eigenvalue weighted by Crippen LogP contribution is -2.41. The van der Waals surface area contributed by atoms with Crippen LogP contribution in [0.1, 0.15) is 50.4 Å². The van der Waals surface area contributed by atoms with E-state index < -0.39 is 0 Å². The minimum Gasteiger partial charge on any atom is -0.496 e. The van der Waals surface area contributed by atoms with E-state index in [-0.39, 0.29) is 17.6 Å². The third-order valence-electron chi connectivity index (χ3n) is 3.84. The van der Waals surface area contributed by atoms with E-state index in [0.29, 0.717) is 6.61 Å². The Bertz CT molecular complexity index is 463. The van der Waals surface area contributed by atoms with E-state index in [2.05, 4.69) is 52.1 Å². The zero-order valence-electron chi connectivity index (χ0n) is 14.8. The lowest BCUT2D eigenvalue weighted by Gasteiger charge is -2.38. The Morgan fingerprint density at radius 1 is 1.19 bits per heavy atom. The second kappa shape index (κ2) is 7.28. The molecule has 21 heavy (non-hydrogen) atoms. The predicted octanol–water partition coefficient (Wildman–Crippen LogP) is 4.02. The van der Waals surface area contributed by atoms with Gasteiger partial charge in [0.2, 0.25) is 0 Å². The van der Waals surface area contributed by atoms with Crippen molar-refractivity contribution in [3.63, 3.8) is 0 Å². The first-order valence-electron chi connectivity index (χ1n) is 7.70. The van der Waals surface area contributed by atoms with Crippen molar-refractivity contribution in [3.05, 3.63) is 28.8 Å². The molecule has 2 atom stereocenters. The predicted molar refractivity (Wildman–Crippen MR) is 89.1 cm³/mol. The number of aryl methyl sites for hydroxylation is 2. The Balaban J connectivity index is 3.38. The molecule has 2 unspecified atom stereocenters. The topological polar surface area (TPSA) is 30.5 Å². The van der Waals surface area contributed by atoms with Crippen LogP contribution in [-0.4, -0.2) is 26.9 Å². The van der Waals surface area contributed by atoms with Crippen LogP contribution < -0.4 is 10.1 Å². The second-order valence-corrected chi connectivity index (χ2v) is 6.71. The fourth-order valence-electron chi connectivity index (χ4n) is 2.98. The van der Waals surface area contributed by atoms with Gasteiger partial charge >= 0.3 is 0 Å². The standard InChI is InChI=1S/C18H31NO2/c1-9-21-17(18(4,5)6)16(19-7)15-13(3)10-12(2)11-14(15)20-8/h10-11,16-17,19H,9H2,1-8H3. The van der Waals surface area contributed by atoms with Gasteiger partial charge in [-0.05, 0) is 50.4 Å². The molecular formula is C18H31NO2. The molecule has 3 nitrogen and oxygen atoms in total. The monoisotopic (exact) mass is 293 g/mol. The number of likely N-dealkylation sites (N-methyl/N-ethyl adjacent to an activating group) is 1. The fourth-order valence-corrected chi connectivity index (χ4v) is 2.98. The van der Waals surface area contributed by atoms with Gasteiger partial charge in [-0.1, -0.05) is 26.8 Å². The Labute approximate surface area is 130 Å². The molecule has 0 aliphatic heterocycles. The van der Waals surface area contributed by atoms with E-state index in [4.69, 9.17) is 9.47 Å². The van der Waals surface area contributed by atoms with E-state index in [0.717, 1.165) is 5.75 Å². The number of rotatable bonds is 6.